The number of carbonyl (C=O) groups excluding carboxylic acids is 3. The smallest absolute Gasteiger partial charge is 0.306 e. The van der Waals surface area contributed by atoms with Crippen LogP contribution in [0.2, 0.25) is 0 Å². The molecule has 2 N–H and O–H groups in total. The minimum absolute atomic E-state index is 0.0187. The van der Waals surface area contributed by atoms with E-state index in [2.05, 4.69) is 60.7 Å². The van der Waals surface area contributed by atoms with Crippen LogP contribution >= 0.6 is 0 Å². The van der Waals surface area contributed by atoms with Crippen LogP contribution in [0.5, 0.6) is 23.0 Å². The molecule has 4 aromatic carbocycles. The highest BCUT2D eigenvalue weighted by molar-refractivity contribution is 5.88. The minimum atomic E-state index is -1.26. The van der Waals surface area contributed by atoms with Crippen molar-refractivity contribution in [3.8, 4) is 23.0 Å². The monoisotopic (exact) mass is 1260 g/mol. The van der Waals surface area contributed by atoms with Crippen molar-refractivity contribution < 1.29 is 71.7 Å². The van der Waals surface area contributed by atoms with Gasteiger partial charge in [0.1, 0.15) is 46.8 Å². The first-order valence-corrected chi connectivity index (χ1v) is 33.6. The number of carboxylic acids is 1. The van der Waals surface area contributed by atoms with Crippen molar-refractivity contribution >= 4 is 23.8 Å². The molecule has 1 saturated heterocycles. The number of carbonyl (C=O) groups is 4. The van der Waals surface area contributed by atoms with E-state index in [0.29, 0.717) is 83.7 Å². The van der Waals surface area contributed by atoms with Crippen LogP contribution in [-0.2, 0) is 59.6 Å². The molecule has 1 fully saturated rings. The van der Waals surface area contributed by atoms with Gasteiger partial charge in [-0.1, -0.05) is 127 Å². The van der Waals surface area contributed by atoms with Gasteiger partial charge in [-0.25, -0.2) is 0 Å². The van der Waals surface area contributed by atoms with E-state index in [1.54, 1.807) is 19.1 Å². The second-order valence-corrected chi connectivity index (χ2v) is 25.8. The molecule has 504 valence electrons. The number of hydrogen-bond acceptors (Lipinski definition) is 14. The number of fused-ring (bicyclic) bond motifs is 1. The van der Waals surface area contributed by atoms with Crippen LogP contribution in [0.15, 0.2) is 78.9 Å². The van der Waals surface area contributed by atoms with Gasteiger partial charge in [0.15, 0.2) is 0 Å². The van der Waals surface area contributed by atoms with Crippen LogP contribution in [0, 0.1) is 44.4 Å². The summed E-state index contributed by atoms with van der Waals surface area (Å²) in [5.74, 6) is 3.30. The highest BCUT2D eigenvalue weighted by Crippen LogP contribution is 2.46. The number of rotatable bonds is 43. The van der Waals surface area contributed by atoms with Crippen LogP contribution in [-0.4, -0.2) is 145 Å². The number of nitrogens with zero attached hydrogens (tertiary/aromatic N) is 1. The number of aliphatic carboxylic acids is 1. The van der Waals surface area contributed by atoms with Crippen LogP contribution in [0.3, 0.4) is 0 Å². The number of piperidine rings is 1. The van der Waals surface area contributed by atoms with E-state index < -0.39 is 29.5 Å². The van der Waals surface area contributed by atoms with E-state index in [4.69, 9.17) is 52.5 Å². The lowest BCUT2D eigenvalue weighted by atomic mass is 9.80. The molecule has 2 amide bonds. The Bertz CT molecular complexity index is 2750. The summed E-state index contributed by atoms with van der Waals surface area (Å²) in [6.07, 6.45) is 14.2. The van der Waals surface area contributed by atoms with Crippen molar-refractivity contribution in [1.29, 1.82) is 0 Å². The summed E-state index contributed by atoms with van der Waals surface area (Å²) in [6, 6.07) is 23.7. The Morgan fingerprint density at radius 1 is 0.648 bits per heavy atom. The van der Waals surface area contributed by atoms with Gasteiger partial charge >= 0.3 is 11.9 Å². The summed E-state index contributed by atoms with van der Waals surface area (Å²) in [4.78, 5) is 53.3. The third-order valence-corrected chi connectivity index (χ3v) is 18.1. The average Bonchev–Trinajstić information content (AvgIpc) is 0.808. The van der Waals surface area contributed by atoms with Crippen molar-refractivity contribution in [1.82, 2.24) is 10.2 Å². The number of benzene rings is 4. The van der Waals surface area contributed by atoms with Gasteiger partial charge in [-0.3, -0.25) is 19.2 Å². The SMILES string of the molecule is COc1ccc(C(OCC(NC(=O)CCOCCOCCOCCOCCOc2c(C)c(C)c3c(c2C)CC[C@@](C)(CCCC(C)CCCC(C)CCCC(C)C)O3)C(=O)N2CCC(COC(=O)CCC(=O)O)CC2)(c2ccccc2)c2ccc(OC)cc2)cc1. The number of esters is 1. The third-order valence-electron chi connectivity index (χ3n) is 18.1. The average molecular weight is 1270 g/mol. The Hall–Kier alpha value is -6.24. The minimum Gasteiger partial charge on any atom is -0.497 e. The fraction of sp³-hybridized carbons (Fsp3) is 0.622. The van der Waals surface area contributed by atoms with Gasteiger partial charge in [-0.15, -0.1) is 0 Å². The Morgan fingerprint density at radius 3 is 1.73 bits per heavy atom. The maximum Gasteiger partial charge on any atom is 0.306 e. The topological polar surface area (TPSA) is 196 Å². The van der Waals surface area contributed by atoms with E-state index in [1.807, 2.05) is 78.9 Å². The van der Waals surface area contributed by atoms with Gasteiger partial charge in [0, 0.05) is 25.1 Å². The molecule has 0 aliphatic carbocycles. The van der Waals surface area contributed by atoms with Crippen molar-refractivity contribution in [3.05, 3.63) is 118 Å². The van der Waals surface area contributed by atoms with Crippen molar-refractivity contribution in [2.45, 2.75) is 175 Å². The lowest BCUT2D eigenvalue weighted by Crippen LogP contribution is -2.54. The molecular weight excluding hydrogens is 1160 g/mol. The molecule has 0 radical (unpaired) electrons. The van der Waals surface area contributed by atoms with Crippen molar-refractivity contribution in [3.63, 3.8) is 0 Å². The number of ether oxygens (including phenoxy) is 10. The van der Waals surface area contributed by atoms with Crippen LogP contribution < -0.4 is 24.3 Å². The first-order valence-electron chi connectivity index (χ1n) is 33.6. The van der Waals surface area contributed by atoms with E-state index in [9.17, 15) is 19.2 Å². The quantitative estimate of drug-likeness (QED) is 0.0241. The summed E-state index contributed by atoms with van der Waals surface area (Å²) in [6.45, 7) is 22.0. The number of hydrogen-bond donors (Lipinski definition) is 2. The molecule has 2 aliphatic heterocycles. The molecule has 91 heavy (non-hydrogen) atoms. The summed E-state index contributed by atoms with van der Waals surface area (Å²) in [5.41, 5.74) is 5.61. The molecule has 3 unspecified atom stereocenters. The molecule has 0 bridgehead atoms. The zero-order valence-corrected chi connectivity index (χ0v) is 56.5. The number of amides is 2. The first kappa shape index (κ1) is 73.8. The van der Waals surface area contributed by atoms with Crippen LogP contribution in [0.1, 0.15) is 170 Å². The molecule has 17 heteroatoms. The fourth-order valence-corrected chi connectivity index (χ4v) is 12.4. The number of likely N-dealkylation sites (tertiary alicyclic amines) is 1. The third kappa shape index (κ3) is 23.7. The molecule has 0 saturated carbocycles. The predicted molar refractivity (Wildman–Crippen MR) is 353 cm³/mol. The summed E-state index contributed by atoms with van der Waals surface area (Å²) < 4.78 is 60.0. The fourth-order valence-electron chi connectivity index (χ4n) is 12.4. The van der Waals surface area contributed by atoms with Crippen molar-refractivity contribution in [2.75, 3.05) is 100.0 Å². The summed E-state index contributed by atoms with van der Waals surface area (Å²) >= 11 is 0. The van der Waals surface area contributed by atoms with E-state index in [1.165, 1.54) is 56.9 Å². The summed E-state index contributed by atoms with van der Waals surface area (Å²) in [5, 5.41) is 11.9. The van der Waals surface area contributed by atoms with Gasteiger partial charge in [0.2, 0.25) is 11.8 Å². The zero-order chi connectivity index (χ0) is 65.6. The predicted octanol–water partition coefficient (Wildman–Crippen LogP) is 13.1. The second-order valence-electron chi connectivity index (χ2n) is 25.8. The molecular formula is C74H108N2O15. The second kappa shape index (κ2) is 38.7. The Labute approximate surface area is 543 Å². The lowest BCUT2D eigenvalue weighted by Gasteiger charge is -2.38. The maximum atomic E-state index is 14.6. The van der Waals surface area contributed by atoms with E-state index >= 15 is 0 Å². The molecule has 2 aliphatic rings. The van der Waals surface area contributed by atoms with E-state index in [-0.39, 0.29) is 63.1 Å². The maximum absolute atomic E-state index is 14.6. The molecule has 4 atom stereocenters. The van der Waals surface area contributed by atoms with Gasteiger partial charge in [-0.05, 0) is 148 Å². The number of nitrogens with one attached hydrogen (secondary N) is 1. The largest absolute Gasteiger partial charge is 0.497 e. The van der Waals surface area contributed by atoms with Crippen LogP contribution in [0.4, 0.5) is 0 Å². The zero-order valence-electron chi connectivity index (χ0n) is 56.5. The van der Waals surface area contributed by atoms with Gasteiger partial charge in [0.25, 0.3) is 0 Å². The van der Waals surface area contributed by atoms with E-state index in [0.717, 1.165) is 81.9 Å². The first-order chi connectivity index (χ1) is 43.9. The Morgan fingerprint density at radius 2 is 1.18 bits per heavy atom. The molecule has 4 aromatic rings. The molecule has 2 heterocycles. The van der Waals surface area contributed by atoms with Crippen LogP contribution in [0.25, 0.3) is 0 Å². The standard InChI is InChI=1S/C74H108N2O15/c1-53(2)17-14-18-54(3)19-15-20-55(4)21-16-38-73(8)39-34-65-58(7)70(56(5)57(6)71(65)91-73)88-50-49-87-48-47-86-46-45-85-44-43-84-42-37-67(77)75-66(72(81)76-40-35-59(36-41-76)51-89-69(80)33-32-68(78)79)52-90-74(60-22-12-11-13-23-60,61-24-28-63(82-9)29-25-61)62-26-30-64(83-10)31-27-62/h11-13,22-31,53-55,59,66H,14-21,32-52H2,1-10H3,(H,75,77)(H,78,79)/t54?,55?,66?,73-/m1/s1. The Balaban J connectivity index is 0.905. The molecule has 0 spiro atoms. The highest BCUT2D eigenvalue weighted by atomic mass is 16.6. The van der Waals surface area contributed by atoms with Crippen molar-refractivity contribution in [2.24, 2.45) is 23.7 Å². The van der Waals surface area contributed by atoms with Gasteiger partial charge < -0.3 is 62.7 Å². The lowest BCUT2D eigenvalue weighted by molar-refractivity contribution is -0.149. The number of methoxy groups -OCH3 is 2. The highest BCUT2D eigenvalue weighted by Gasteiger charge is 2.41. The molecule has 0 aromatic heterocycles. The normalized spacial score (nSPS) is 16.1. The summed E-state index contributed by atoms with van der Waals surface area (Å²) in [7, 11) is 3.20. The number of carboxylic acid groups (broad SMARTS) is 1. The Kier molecular flexibility index (Phi) is 31.4. The van der Waals surface area contributed by atoms with Gasteiger partial charge in [-0.2, -0.15) is 0 Å². The van der Waals surface area contributed by atoms with Gasteiger partial charge in [0.05, 0.1) is 93.1 Å². The molecule has 17 nitrogen and oxygen atoms in total. The molecule has 6 rings (SSSR count).